The van der Waals surface area contributed by atoms with E-state index < -0.39 is 0 Å². The van der Waals surface area contributed by atoms with Crippen LogP contribution in [0.5, 0.6) is 0 Å². The largest absolute Gasteiger partial charge is 0.396 e. The molecule has 4 heterocycles. The molecule has 0 radical (unpaired) electrons. The molecule has 0 saturated carbocycles. The van der Waals surface area contributed by atoms with E-state index in [1.807, 2.05) is 24.5 Å². The number of nitrogens with zero attached hydrogens (tertiary/aromatic N) is 5. The minimum absolute atomic E-state index is 0.297. The van der Waals surface area contributed by atoms with Gasteiger partial charge in [-0.2, -0.15) is 10.2 Å². The fraction of sp³-hybridized carbons (Fsp3) is 0.409. The van der Waals surface area contributed by atoms with Gasteiger partial charge in [-0.15, -0.1) is 0 Å². The van der Waals surface area contributed by atoms with Crippen molar-refractivity contribution in [1.29, 1.82) is 0 Å². The highest BCUT2D eigenvalue weighted by atomic mass is 16.3. The number of fused-ring (bicyclic) bond motifs is 1. The van der Waals surface area contributed by atoms with Gasteiger partial charge in [0.15, 0.2) is 0 Å². The van der Waals surface area contributed by atoms with E-state index in [9.17, 15) is 5.11 Å². The number of anilines is 2. The summed E-state index contributed by atoms with van der Waals surface area (Å²) in [6, 6.07) is 12.5. The van der Waals surface area contributed by atoms with Crippen LogP contribution >= 0.6 is 0 Å². The molecule has 0 aliphatic carbocycles. The van der Waals surface area contributed by atoms with Crippen molar-refractivity contribution in [1.82, 2.24) is 15.2 Å². The molecule has 0 spiro atoms. The Hall–Kier alpha value is -2.73. The van der Waals surface area contributed by atoms with Crippen molar-refractivity contribution in [3.05, 3.63) is 54.4 Å². The van der Waals surface area contributed by atoms with Crippen LogP contribution in [0, 0.1) is 5.92 Å². The number of aliphatic hydroxyl groups is 1. The average molecular weight is 375 g/mol. The SMILES string of the molecule is OCC1CCN(c2cnncc2C2CN(c3ccc4ccccc4n3)C2)CC1. The number of benzene rings is 1. The van der Waals surface area contributed by atoms with Crippen molar-refractivity contribution >= 4 is 22.4 Å². The van der Waals surface area contributed by atoms with Gasteiger partial charge in [0.2, 0.25) is 0 Å². The van der Waals surface area contributed by atoms with Crippen LogP contribution in [0.4, 0.5) is 11.5 Å². The van der Waals surface area contributed by atoms with E-state index >= 15 is 0 Å². The highest BCUT2D eigenvalue weighted by molar-refractivity contribution is 5.80. The lowest BCUT2D eigenvalue weighted by Crippen LogP contribution is -2.46. The third-order valence-corrected chi connectivity index (χ3v) is 6.18. The predicted molar refractivity (Wildman–Crippen MR) is 111 cm³/mol. The molecule has 2 aromatic heterocycles. The lowest BCUT2D eigenvalue weighted by molar-refractivity contribution is 0.203. The Labute approximate surface area is 164 Å². The Morgan fingerprint density at radius 1 is 0.929 bits per heavy atom. The monoisotopic (exact) mass is 375 g/mol. The summed E-state index contributed by atoms with van der Waals surface area (Å²) in [5.41, 5.74) is 3.54. The first-order valence-corrected chi connectivity index (χ1v) is 10.1. The van der Waals surface area contributed by atoms with E-state index in [2.05, 4.69) is 44.3 Å². The van der Waals surface area contributed by atoms with Crippen molar-refractivity contribution in [2.24, 2.45) is 5.92 Å². The van der Waals surface area contributed by atoms with Gasteiger partial charge < -0.3 is 14.9 Å². The summed E-state index contributed by atoms with van der Waals surface area (Å²) < 4.78 is 0. The van der Waals surface area contributed by atoms with Gasteiger partial charge in [-0.1, -0.05) is 18.2 Å². The molecule has 3 aromatic rings. The number of aromatic nitrogens is 3. The number of hydrogen-bond donors (Lipinski definition) is 1. The van der Waals surface area contributed by atoms with Crippen molar-refractivity contribution < 1.29 is 5.11 Å². The normalized spacial score (nSPS) is 18.5. The summed E-state index contributed by atoms with van der Waals surface area (Å²) in [5.74, 6) is 1.93. The topological polar surface area (TPSA) is 65.4 Å². The predicted octanol–water partition coefficient (Wildman–Crippen LogP) is 2.84. The first-order valence-electron chi connectivity index (χ1n) is 10.1. The van der Waals surface area contributed by atoms with Gasteiger partial charge in [-0.3, -0.25) is 0 Å². The molecule has 2 saturated heterocycles. The molecule has 1 N–H and O–H groups in total. The molecular weight excluding hydrogens is 350 g/mol. The third-order valence-electron chi connectivity index (χ3n) is 6.18. The highest BCUT2D eigenvalue weighted by Gasteiger charge is 2.33. The molecular formula is C22H25N5O. The van der Waals surface area contributed by atoms with E-state index in [1.165, 1.54) is 16.6 Å². The lowest BCUT2D eigenvalue weighted by Gasteiger charge is -2.42. The Bertz CT molecular complexity index is 964. The van der Waals surface area contributed by atoms with Crippen LogP contribution in [0.1, 0.15) is 24.3 Å². The van der Waals surface area contributed by atoms with Gasteiger partial charge in [0.05, 0.1) is 23.6 Å². The summed E-state index contributed by atoms with van der Waals surface area (Å²) in [5, 5.41) is 18.9. The number of pyridine rings is 1. The quantitative estimate of drug-likeness (QED) is 0.756. The molecule has 2 fully saturated rings. The number of piperidine rings is 1. The lowest BCUT2D eigenvalue weighted by atomic mass is 9.90. The molecule has 0 bridgehead atoms. The molecule has 144 valence electrons. The minimum atomic E-state index is 0.297. The number of para-hydroxylation sites is 1. The summed E-state index contributed by atoms with van der Waals surface area (Å²) in [6.07, 6.45) is 5.92. The molecule has 0 unspecified atom stereocenters. The summed E-state index contributed by atoms with van der Waals surface area (Å²) >= 11 is 0. The van der Waals surface area contributed by atoms with Gasteiger partial charge in [-0.25, -0.2) is 4.98 Å². The highest BCUT2D eigenvalue weighted by Crippen LogP contribution is 2.36. The summed E-state index contributed by atoms with van der Waals surface area (Å²) in [4.78, 5) is 9.56. The Morgan fingerprint density at radius 2 is 1.71 bits per heavy atom. The Kier molecular flexibility index (Phi) is 4.56. The molecule has 2 aliphatic heterocycles. The molecule has 5 rings (SSSR count). The zero-order chi connectivity index (χ0) is 18.9. The molecule has 0 atom stereocenters. The van der Waals surface area contributed by atoms with Gasteiger partial charge >= 0.3 is 0 Å². The molecule has 2 aliphatic rings. The molecule has 0 amide bonds. The zero-order valence-electron chi connectivity index (χ0n) is 15.9. The molecule has 6 heteroatoms. The van der Waals surface area contributed by atoms with Crippen LogP contribution in [0.3, 0.4) is 0 Å². The van der Waals surface area contributed by atoms with Gasteiger partial charge in [-0.05, 0) is 37.0 Å². The van der Waals surface area contributed by atoms with Crippen molar-refractivity contribution in [3.8, 4) is 0 Å². The average Bonchev–Trinajstić information content (AvgIpc) is 2.73. The summed E-state index contributed by atoms with van der Waals surface area (Å²) in [7, 11) is 0. The van der Waals surface area contributed by atoms with Crippen LogP contribution < -0.4 is 9.80 Å². The second-order valence-corrected chi connectivity index (χ2v) is 7.91. The maximum absolute atomic E-state index is 9.39. The number of rotatable bonds is 4. The smallest absolute Gasteiger partial charge is 0.129 e. The second-order valence-electron chi connectivity index (χ2n) is 7.91. The minimum Gasteiger partial charge on any atom is -0.396 e. The van der Waals surface area contributed by atoms with E-state index in [0.29, 0.717) is 18.4 Å². The molecule has 1 aromatic carbocycles. The number of aliphatic hydroxyl groups excluding tert-OH is 1. The standard InChI is InChI=1S/C22H25N5O/c28-15-16-7-9-26(10-8-16)21-12-24-23-11-19(21)18-13-27(14-18)22-6-5-17-3-1-2-4-20(17)25-22/h1-6,11-12,16,18,28H,7-10,13-15H2. The second kappa shape index (κ2) is 7.36. The third kappa shape index (κ3) is 3.18. The zero-order valence-corrected chi connectivity index (χ0v) is 15.9. The van der Waals surface area contributed by atoms with Gasteiger partial charge in [0.25, 0.3) is 0 Å². The Balaban J connectivity index is 1.31. The van der Waals surface area contributed by atoms with E-state index in [1.54, 1.807) is 0 Å². The first kappa shape index (κ1) is 17.4. The number of hydrogen-bond acceptors (Lipinski definition) is 6. The van der Waals surface area contributed by atoms with Crippen molar-refractivity contribution in [2.45, 2.75) is 18.8 Å². The van der Waals surface area contributed by atoms with E-state index in [0.717, 1.165) is 50.4 Å². The van der Waals surface area contributed by atoms with Crippen LogP contribution in [0.15, 0.2) is 48.8 Å². The van der Waals surface area contributed by atoms with Crippen LogP contribution in [-0.2, 0) is 0 Å². The van der Waals surface area contributed by atoms with Crippen LogP contribution in [0.25, 0.3) is 10.9 Å². The van der Waals surface area contributed by atoms with Gasteiger partial charge in [0, 0.05) is 49.7 Å². The van der Waals surface area contributed by atoms with E-state index in [-0.39, 0.29) is 0 Å². The maximum Gasteiger partial charge on any atom is 0.129 e. The van der Waals surface area contributed by atoms with Crippen LogP contribution in [-0.4, -0.2) is 53.1 Å². The summed E-state index contributed by atoms with van der Waals surface area (Å²) in [6.45, 7) is 4.17. The molecule has 28 heavy (non-hydrogen) atoms. The Morgan fingerprint density at radius 3 is 2.54 bits per heavy atom. The van der Waals surface area contributed by atoms with Crippen LogP contribution in [0.2, 0.25) is 0 Å². The van der Waals surface area contributed by atoms with Gasteiger partial charge in [0.1, 0.15) is 5.82 Å². The molecule has 6 nitrogen and oxygen atoms in total. The first-order chi connectivity index (χ1) is 13.8. The van der Waals surface area contributed by atoms with Crippen molar-refractivity contribution in [2.75, 3.05) is 42.6 Å². The van der Waals surface area contributed by atoms with E-state index in [4.69, 9.17) is 4.98 Å². The fourth-order valence-corrected chi connectivity index (χ4v) is 4.35. The fourth-order valence-electron chi connectivity index (χ4n) is 4.35. The maximum atomic E-state index is 9.39. The van der Waals surface area contributed by atoms with Crippen molar-refractivity contribution in [3.63, 3.8) is 0 Å².